The Kier molecular flexibility index (Phi) is 5.38. The number of nitrogens with zero attached hydrogens (tertiary/aromatic N) is 1. The van der Waals surface area contributed by atoms with Crippen LogP contribution in [-0.2, 0) is 19.6 Å². The topological polar surface area (TPSA) is 102 Å². The highest BCUT2D eigenvalue weighted by Gasteiger charge is 2.31. The fraction of sp³-hybridized carbons (Fsp3) is 0.562. The number of carbonyl (C=O) groups is 1. The van der Waals surface area contributed by atoms with Gasteiger partial charge in [0.15, 0.2) is 0 Å². The summed E-state index contributed by atoms with van der Waals surface area (Å²) in [5.74, 6) is -1.25. The monoisotopic (exact) mass is 371 g/mol. The molecule has 0 aromatic heterocycles. The summed E-state index contributed by atoms with van der Waals surface area (Å²) in [5, 5.41) is 2.68. The van der Waals surface area contributed by atoms with Crippen molar-refractivity contribution in [3.63, 3.8) is 0 Å². The van der Waals surface area contributed by atoms with Gasteiger partial charge in [-0.25, -0.2) is 12.8 Å². The maximum atomic E-state index is 14.1. The van der Waals surface area contributed by atoms with Crippen molar-refractivity contribution in [2.45, 2.75) is 30.2 Å². The maximum absolute atomic E-state index is 14.1. The highest BCUT2D eigenvalue weighted by molar-refractivity contribution is 7.89. The Bertz CT molecular complexity index is 750. The van der Waals surface area contributed by atoms with Crippen LogP contribution < -0.4 is 11.1 Å². The second-order valence-electron chi connectivity index (χ2n) is 6.42. The summed E-state index contributed by atoms with van der Waals surface area (Å²) in [4.78, 5) is 11.8. The molecule has 0 radical (unpaired) electrons. The average molecular weight is 371 g/mol. The molecule has 9 heteroatoms. The van der Waals surface area contributed by atoms with E-state index in [0.717, 1.165) is 12.5 Å². The van der Waals surface area contributed by atoms with Gasteiger partial charge >= 0.3 is 0 Å². The van der Waals surface area contributed by atoms with Gasteiger partial charge in [-0.1, -0.05) is 0 Å². The minimum absolute atomic E-state index is 0.0150. The van der Waals surface area contributed by atoms with E-state index in [-0.39, 0.29) is 49.9 Å². The molecule has 3 rings (SSSR count). The van der Waals surface area contributed by atoms with E-state index in [2.05, 4.69) is 5.32 Å². The van der Waals surface area contributed by atoms with Gasteiger partial charge in [0.25, 0.3) is 0 Å². The summed E-state index contributed by atoms with van der Waals surface area (Å²) < 4.78 is 45.8. The van der Waals surface area contributed by atoms with E-state index in [4.69, 9.17) is 10.5 Å². The Morgan fingerprint density at radius 3 is 2.64 bits per heavy atom. The van der Waals surface area contributed by atoms with E-state index in [0.29, 0.717) is 12.8 Å². The lowest BCUT2D eigenvalue weighted by atomic mass is 10.1. The number of hydrogen-bond donors (Lipinski definition) is 2. The number of hydrogen-bond acceptors (Lipinski definition) is 5. The molecule has 2 atom stereocenters. The summed E-state index contributed by atoms with van der Waals surface area (Å²) >= 11 is 0. The molecule has 3 N–H and O–H groups in total. The first-order chi connectivity index (χ1) is 11.9. The number of halogens is 1. The lowest BCUT2D eigenvalue weighted by Gasteiger charge is -2.26. The summed E-state index contributed by atoms with van der Waals surface area (Å²) in [7, 11) is -3.97. The molecule has 1 aliphatic heterocycles. The van der Waals surface area contributed by atoms with E-state index >= 15 is 0 Å². The van der Waals surface area contributed by atoms with Gasteiger partial charge in [0, 0.05) is 30.7 Å². The summed E-state index contributed by atoms with van der Waals surface area (Å²) in [6.45, 7) is 0.912. The molecule has 2 aliphatic rings. The van der Waals surface area contributed by atoms with Gasteiger partial charge in [-0.2, -0.15) is 4.31 Å². The summed E-state index contributed by atoms with van der Waals surface area (Å²) in [6, 6.07) is 3.61. The number of carbonyl (C=O) groups excluding carboxylic acids is 1. The van der Waals surface area contributed by atoms with Crippen LogP contribution in [0.25, 0.3) is 0 Å². The summed E-state index contributed by atoms with van der Waals surface area (Å²) in [6.07, 6.45) is 2.09. The van der Waals surface area contributed by atoms with Crippen LogP contribution in [0.3, 0.4) is 0 Å². The van der Waals surface area contributed by atoms with Gasteiger partial charge in [0.05, 0.1) is 13.2 Å². The molecule has 1 aliphatic carbocycles. The number of morpholine rings is 1. The molecule has 7 nitrogen and oxygen atoms in total. The number of nitrogens with one attached hydrogen (secondary N) is 1. The fourth-order valence-electron chi connectivity index (χ4n) is 3.20. The molecule has 138 valence electrons. The number of anilines is 1. The molecule has 0 spiro atoms. The van der Waals surface area contributed by atoms with Gasteiger partial charge in [-0.15, -0.1) is 0 Å². The lowest BCUT2D eigenvalue weighted by molar-refractivity contribution is -0.119. The smallest absolute Gasteiger partial charge is 0.246 e. The largest absolute Gasteiger partial charge is 0.379 e. The fourth-order valence-corrected chi connectivity index (χ4v) is 4.70. The molecule has 2 fully saturated rings. The van der Waals surface area contributed by atoms with Crippen LogP contribution in [-0.4, -0.2) is 51.0 Å². The third-order valence-electron chi connectivity index (χ3n) is 4.63. The first-order valence-corrected chi connectivity index (χ1v) is 9.76. The van der Waals surface area contributed by atoms with Crippen LogP contribution in [0.4, 0.5) is 10.1 Å². The molecule has 0 bridgehead atoms. The molecule has 1 aromatic carbocycles. The quantitative estimate of drug-likeness (QED) is 0.819. The summed E-state index contributed by atoms with van der Waals surface area (Å²) in [5.41, 5.74) is 6.08. The number of sulfonamides is 1. The normalized spacial score (nSPS) is 25.0. The van der Waals surface area contributed by atoms with Crippen molar-refractivity contribution in [3.05, 3.63) is 24.0 Å². The van der Waals surface area contributed by atoms with Gasteiger partial charge < -0.3 is 15.8 Å². The zero-order valence-corrected chi connectivity index (χ0v) is 14.6. The number of benzene rings is 1. The predicted molar refractivity (Wildman–Crippen MR) is 89.9 cm³/mol. The van der Waals surface area contributed by atoms with E-state index in [1.165, 1.54) is 16.4 Å². The van der Waals surface area contributed by atoms with Crippen LogP contribution in [0.5, 0.6) is 0 Å². The van der Waals surface area contributed by atoms with E-state index in [1.54, 1.807) is 0 Å². The Hall–Kier alpha value is -1.55. The Morgan fingerprint density at radius 1 is 1.28 bits per heavy atom. The number of nitrogens with two attached hydrogens (primary N) is 1. The van der Waals surface area contributed by atoms with Crippen molar-refractivity contribution in [2.24, 2.45) is 11.7 Å². The molecule has 1 aromatic rings. The SMILES string of the molecule is NC1CCC(C(=O)Nc2ccc(F)c(S(=O)(=O)N3CCOCC3)c2)C1. The van der Waals surface area contributed by atoms with Crippen molar-refractivity contribution in [2.75, 3.05) is 31.6 Å². The highest BCUT2D eigenvalue weighted by atomic mass is 32.2. The van der Waals surface area contributed by atoms with Crippen LogP contribution in [0, 0.1) is 11.7 Å². The third-order valence-corrected chi connectivity index (χ3v) is 6.54. The Labute approximate surface area is 146 Å². The molecule has 1 amide bonds. The molecule has 1 saturated heterocycles. The lowest BCUT2D eigenvalue weighted by Crippen LogP contribution is -2.40. The third kappa shape index (κ3) is 4.00. The van der Waals surface area contributed by atoms with Crippen molar-refractivity contribution in [3.8, 4) is 0 Å². The minimum Gasteiger partial charge on any atom is -0.379 e. The zero-order chi connectivity index (χ0) is 18.0. The average Bonchev–Trinajstić information content (AvgIpc) is 3.04. The van der Waals surface area contributed by atoms with Crippen LogP contribution in [0.2, 0.25) is 0 Å². The van der Waals surface area contributed by atoms with E-state index < -0.39 is 20.7 Å². The van der Waals surface area contributed by atoms with Gasteiger partial charge in [0.2, 0.25) is 15.9 Å². The van der Waals surface area contributed by atoms with E-state index in [1.807, 2.05) is 0 Å². The second kappa shape index (κ2) is 7.36. The van der Waals surface area contributed by atoms with Crippen molar-refractivity contribution < 1.29 is 22.3 Å². The molecular weight excluding hydrogens is 349 g/mol. The second-order valence-corrected chi connectivity index (χ2v) is 8.33. The van der Waals surface area contributed by atoms with Crippen molar-refractivity contribution in [1.82, 2.24) is 4.31 Å². The number of rotatable bonds is 4. The van der Waals surface area contributed by atoms with E-state index in [9.17, 15) is 17.6 Å². The predicted octanol–water partition coefficient (Wildman–Crippen LogP) is 0.912. The highest BCUT2D eigenvalue weighted by Crippen LogP contribution is 2.27. The number of ether oxygens (including phenoxy) is 1. The Balaban J connectivity index is 1.79. The van der Waals surface area contributed by atoms with Crippen LogP contribution >= 0.6 is 0 Å². The van der Waals surface area contributed by atoms with Gasteiger partial charge in [-0.3, -0.25) is 4.79 Å². The molecule has 25 heavy (non-hydrogen) atoms. The first-order valence-electron chi connectivity index (χ1n) is 8.32. The Morgan fingerprint density at radius 2 is 2.00 bits per heavy atom. The van der Waals surface area contributed by atoms with Crippen molar-refractivity contribution in [1.29, 1.82) is 0 Å². The van der Waals surface area contributed by atoms with Crippen LogP contribution in [0.1, 0.15) is 19.3 Å². The zero-order valence-electron chi connectivity index (χ0n) is 13.8. The first kappa shape index (κ1) is 18.2. The standard InChI is InChI=1S/C16H22FN3O4S/c17-14-4-3-13(19-16(21)11-1-2-12(18)9-11)10-15(14)25(22,23)20-5-7-24-8-6-20/h3-4,10-12H,1-2,5-9,18H2,(H,19,21). The molecule has 1 saturated carbocycles. The minimum atomic E-state index is -3.97. The van der Waals surface area contributed by atoms with Gasteiger partial charge in [0.1, 0.15) is 10.7 Å². The number of amides is 1. The van der Waals surface area contributed by atoms with Crippen molar-refractivity contribution >= 4 is 21.6 Å². The molecule has 1 heterocycles. The van der Waals surface area contributed by atoms with Gasteiger partial charge in [-0.05, 0) is 37.5 Å². The van der Waals surface area contributed by atoms with Crippen LogP contribution in [0.15, 0.2) is 23.1 Å². The maximum Gasteiger partial charge on any atom is 0.246 e. The molecular formula is C16H22FN3O4S. The molecule has 2 unspecified atom stereocenters.